The number of carboxylic acid groups (broad SMARTS) is 3. The highest BCUT2D eigenvalue weighted by molar-refractivity contribution is 5.63. The van der Waals surface area contributed by atoms with Gasteiger partial charge in [-0.25, -0.2) is 0 Å². The van der Waals surface area contributed by atoms with Crippen molar-refractivity contribution in [3.05, 3.63) is 0 Å². The summed E-state index contributed by atoms with van der Waals surface area (Å²) >= 11 is 0. The molecule has 0 aromatic rings. The minimum absolute atomic E-state index is 0.833. The third-order valence-corrected chi connectivity index (χ3v) is 2.25. The molecule has 0 heterocycles. The van der Waals surface area contributed by atoms with Gasteiger partial charge in [0.1, 0.15) is 0 Å². The van der Waals surface area contributed by atoms with E-state index in [9.17, 15) is 0 Å². The van der Waals surface area contributed by atoms with Crippen LogP contribution in [0.3, 0.4) is 0 Å². The fourth-order valence-electron chi connectivity index (χ4n) is 1.59. The molecule has 0 aliphatic heterocycles. The van der Waals surface area contributed by atoms with E-state index in [0.29, 0.717) is 0 Å². The molecule has 1 rings (SSSR count). The van der Waals surface area contributed by atoms with E-state index in [1.165, 1.54) is 57.8 Å². The summed E-state index contributed by atoms with van der Waals surface area (Å²) in [5.74, 6) is -2.50. The molecule has 126 valence electrons. The van der Waals surface area contributed by atoms with Crippen LogP contribution in [-0.2, 0) is 14.4 Å². The van der Waals surface area contributed by atoms with Gasteiger partial charge >= 0.3 is 0 Å². The Hall–Kier alpha value is -1.59. The zero-order chi connectivity index (χ0) is 17.1. The van der Waals surface area contributed by atoms with Crippen molar-refractivity contribution in [2.24, 2.45) is 0 Å². The predicted octanol–water partition coefficient (Wildman–Crippen LogP) is 3.78. The van der Waals surface area contributed by atoms with E-state index in [4.69, 9.17) is 29.7 Å². The van der Waals surface area contributed by atoms with Crippen molar-refractivity contribution in [2.75, 3.05) is 0 Å². The topological polar surface area (TPSA) is 112 Å². The second-order valence-electron chi connectivity index (χ2n) is 4.74. The van der Waals surface area contributed by atoms with Gasteiger partial charge in [-0.3, -0.25) is 14.4 Å². The molecule has 1 saturated carbocycles. The normalized spacial score (nSPS) is 13.9. The van der Waals surface area contributed by atoms with Crippen molar-refractivity contribution < 1.29 is 29.7 Å². The van der Waals surface area contributed by atoms with Crippen LogP contribution in [0.25, 0.3) is 0 Å². The Balaban J connectivity index is -0.000000230. The quantitative estimate of drug-likeness (QED) is 0.627. The molecular formula is C15H30O6. The maximum absolute atomic E-state index is 9.00. The Bertz CT molecular complexity index is 194. The number of carboxylic acids is 3. The number of carbonyl (C=O) groups is 3. The van der Waals surface area contributed by atoms with Crippen molar-refractivity contribution in [1.82, 2.24) is 0 Å². The summed E-state index contributed by atoms with van der Waals surface area (Å²) in [5, 5.41) is 22.2. The van der Waals surface area contributed by atoms with E-state index in [1.807, 2.05) is 0 Å². The van der Waals surface area contributed by atoms with Crippen molar-refractivity contribution in [3.8, 4) is 0 Å². The molecule has 0 spiro atoms. The van der Waals surface area contributed by atoms with Gasteiger partial charge in [0.15, 0.2) is 0 Å². The van der Waals surface area contributed by atoms with Crippen LogP contribution in [0.15, 0.2) is 0 Å². The fourth-order valence-corrected chi connectivity index (χ4v) is 1.59. The van der Waals surface area contributed by atoms with Crippen LogP contribution in [0, 0.1) is 0 Å². The summed E-state index contributed by atoms with van der Waals surface area (Å²) in [6, 6.07) is 0. The van der Waals surface area contributed by atoms with E-state index in [1.54, 1.807) is 0 Å². The SMILES string of the molecule is C1CCCCCCCC1.CC(=O)O.CC(=O)O.CC(=O)O. The maximum Gasteiger partial charge on any atom is 0.300 e. The fraction of sp³-hybridized carbons (Fsp3) is 0.800. The van der Waals surface area contributed by atoms with Gasteiger partial charge in [-0.1, -0.05) is 57.8 Å². The van der Waals surface area contributed by atoms with E-state index in [-0.39, 0.29) is 0 Å². The van der Waals surface area contributed by atoms with Crippen molar-refractivity contribution >= 4 is 17.9 Å². The molecule has 0 aromatic carbocycles. The Morgan fingerprint density at radius 3 is 0.571 bits per heavy atom. The third kappa shape index (κ3) is 90.3. The highest BCUT2D eigenvalue weighted by Gasteiger charge is 1.95. The smallest absolute Gasteiger partial charge is 0.300 e. The Labute approximate surface area is 127 Å². The summed E-state index contributed by atoms with van der Waals surface area (Å²) in [6.07, 6.45) is 13.5. The van der Waals surface area contributed by atoms with Gasteiger partial charge in [0.25, 0.3) is 17.9 Å². The minimum Gasteiger partial charge on any atom is -0.481 e. The zero-order valence-corrected chi connectivity index (χ0v) is 13.4. The first-order valence-electron chi connectivity index (χ1n) is 7.28. The van der Waals surface area contributed by atoms with Crippen LogP contribution < -0.4 is 0 Å². The molecule has 0 bridgehead atoms. The minimum atomic E-state index is -0.833. The average Bonchev–Trinajstić information content (AvgIpc) is 2.41. The Kier molecular flexibility index (Phi) is 24.1. The summed E-state index contributed by atoms with van der Waals surface area (Å²) in [6.45, 7) is 3.25. The van der Waals surface area contributed by atoms with Gasteiger partial charge in [0.2, 0.25) is 0 Å². The van der Waals surface area contributed by atoms with Gasteiger partial charge in [-0.2, -0.15) is 0 Å². The van der Waals surface area contributed by atoms with Gasteiger partial charge in [-0.15, -0.1) is 0 Å². The molecule has 3 N–H and O–H groups in total. The first kappa shape index (κ1) is 24.4. The lowest BCUT2D eigenvalue weighted by Crippen LogP contribution is -1.78. The second-order valence-corrected chi connectivity index (χ2v) is 4.74. The van der Waals surface area contributed by atoms with Crippen molar-refractivity contribution in [1.29, 1.82) is 0 Å². The molecule has 1 fully saturated rings. The van der Waals surface area contributed by atoms with Crippen LogP contribution in [-0.4, -0.2) is 33.2 Å². The number of hydrogen-bond donors (Lipinski definition) is 3. The van der Waals surface area contributed by atoms with E-state index < -0.39 is 17.9 Å². The van der Waals surface area contributed by atoms with Crippen LogP contribution in [0.4, 0.5) is 0 Å². The molecule has 6 nitrogen and oxygen atoms in total. The molecule has 1 aliphatic carbocycles. The standard InChI is InChI=1S/C9H18.3C2H4O2/c1-2-4-6-8-9-7-5-3-1;3*1-2(3)4/h1-9H2;3*1H3,(H,3,4). The molecular weight excluding hydrogens is 276 g/mol. The third-order valence-electron chi connectivity index (χ3n) is 2.25. The Morgan fingerprint density at radius 1 is 0.476 bits per heavy atom. The van der Waals surface area contributed by atoms with E-state index >= 15 is 0 Å². The zero-order valence-electron chi connectivity index (χ0n) is 13.4. The summed E-state index contributed by atoms with van der Waals surface area (Å²) < 4.78 is 0. The molecule has 0 radical (unpaired) electrons. The van der Waals surface area contributed by atoms with Crippen LogP contribution in [0.2, 0.25) is 0 Å². The summed E-state index contributed by atoms with van der Waals surface area (Å²) in [5.41, 5.74) is 0. The molecule has 0 atom stereocenters. The molecule has 0 unspecified atom stereocenters. The second kappa shape index (κ2) is 20.7. The number of rotatable bonds is 0. The molecule has 1 aliphatic rings. The molecule has 0 saturated heterocycles. The van der Waals surface area contributed by atoms with Gasteiger partial charge in [-0.05, 0) is 0 Å². The largest absolute Gasteiger partial charge is 0.481 e. The summed E-state index contributed by atoms with van der Waals surface area (Å²) in [4.78, 5) is 27.0. The monoisotopic (exact) mass is 306 g/mol. The predicted molar refractivity (Wildman–Crippen MR) is 81.5 cm³/mol. The number of hydrogen-bond acceptors (Lipinski definition) is 3. The lowest BCUT2D eigenvalue weighted by atomic mass is 10.1. The Morgan fingerprint density at radius 2 is 0.524 bits per heavy atom. The van der Waals surface area contributed by atoms with Crippen LogP contribution in [0.5, 0.6) is 0 Å². The molecule has 6 heteroatoms. The molecule has 0 aromatic heterocycles. The molecule has 21 heavy (non-hydrogen) atoms. The van der Waals surface area contributed by atoms with Gasteiger partial charge in [0, 0.05) is 20.8 Å². The van der Waals surface area contributed by atoms with Gasteiger partial charge in [0.05, 0.1) is 0 Å². The summed E-state index contributed by atoms with van der Waals surface area (Å²) in [7, 11) is 0. The lowest BCUT2D eigenvalue weighted by Gasteiger charge is -1.93. The highest BCUT2D eigenvalue weighted by Crippen LogP contribution is 2.15. The van der Waals surface area contributed by atoms with Crippen LogP contribution >= 0.6 is 0 Å². The first-order chi connectivity index (χ1) is 9.70. The maximum atomic E-state index is 9.00. The first-order valence-corrected chi connectivity index (χ1v) is 7.28. The lowest BCUT2D eigenvalue weighted by molar-refractivity contribution is -0.135. The highest BCUT2D eigenvalue weighted by atomic mass is 16.4. The van der Waals surface area contributed by atoms with E-state index in [2.05, 4.69) is 0 Å². The van der Waals surface area contributed by atoms with Gasteiger partial charge < -0.3 is 15.3 Å². The number of aliphatic carboxylic acids is 3. The molecule has 0 amide bonds. The van der Waals surface area contributed by atoms with E-state index in [0.717, 1.165) is 20.8 Å². The van der Waals surface area contributed by atoms with Crippen molar-refractivity contribution in [3.63, 3.8) is 0 Å². The average molecular weight is 306 g/mol. The van der Waals surface area contributed by atoms with Crippen molar-refractivity contribution in [2.45, 2.75) is 78.6 Å². The van der Waals surface area contributed by atoms with Crippen LogP contribution in [0.1, 0.15) is 78.6 Å².